The number of hydrogen-bond donors (Lipinski definition) is 1. The van der Waals surface area contributed by atoms with Crippen LogP contribution in [0.4, 0.5) is 45.5 Å². The second-order valence-corrected chi connectivity index (χ2v) is 9.60. The van der Waals surface area contributed by atoms with Crippen molar-refractivity contribution in [3.8, 4) is 11.5 Å². The van der Waals surface area contributed by atoms with Gasteiger partial charge in [-0.15, -0.1) is 0 Å². The standard InChI is InChI=1S/C36H27N3O/c1-5-13-27(14-6-1)38(28-15-7-2-8-16-28)31-21-23-33-35(25-31)40-36-26-32(22-24-34(36)37-33)39(29-17-9-3-10-18-29)30-19-11-4-12-20-30/h1-26,37H. The predicted octanol–water partition coefficient (Wildman–Crippen LogP) is 10.5. The molecule has 1 N–H and O–H groups in total. The highest BCUT2D eigenvalue weighted by atomic mass is 16.5. The van der Waals surface area contributed by atoms with E-state index in [1.807, 2.05) is 24.3 Å². The molecule has 1 aliphatic rings. The van der Waals surface area contributed by atoms with Crippen LogP contribution in [0.3, 0.4) is 0 Å². The van der Waals surface area contributed by atoms with Crippen LogP contribution in [0.5, 0.6) is 11.5 Å². The van der Waals surface area contributed by atoms with Crippen molar-refractivity contribution in [1.29, 1.82) is 0 Å². The number of nitrogens with one attached hydrogen (secondary N) is 1. The van der Waals surface area contributed by atoms with Gasteiger partial charge in [-0.25, -0.2) is 0 Å². The fourth-order valence-electron chi connectivity index (χ4n) is 5.14. The number of rotatable bonds is 6. The van der Waals surface area contributed by atoms with Gasteiger partial charge in [0.05, 0.1) is 11.4 Å². The van der Waals surface area contributed by atoms with Gasteiger partial charge in [-0.1, -0.05) is 72.8 Å². The lowest BCUT2D eigenvalue weighted by Crippen LogP contribution is -2.12. The second-order valence-electron chi connectivity index (χ2n) is 9.60. The maximum absolute atomic E-state index is 6.59. The van der Waals surface area contributed by atoms with E-state index in [0.29, 0.717) is 0 Å². The quantitative estimate of drug-likeness (QED) is 0.237. The van der Waals surface area contributed by atoms with Gasteiger partial charge in [-0.05, 0) is 72.8 Å². The molecule has 7 rings (SSSR count). The van der Waals surface area contributed by atoms with Crippen LogP contribution >= 0.6 is 0 Å². The molecule has 0 saturated heterocycles. The molecule has 0 spiro atoms. The molecule has 0 amide bonds. The Bertz CT molecular complexity index is 1530. The SMILES string of the molecule is c1ccc(N(c2ccccc2)c2ccc3c(c2)Oc2cc(N(c4ccccc4)c4ccccc4)ccc2N3)cc1. The number of benzene rings is 6. The largest absolute Gasteiger partial charge is 0.453 e. The van der Waals surface area contributed by atoms with Crippen LogP contribution in [0, 0.1) is 0 Å². The van der Waals surface area contributed by atoms with Gasteiger partial charge in [0, 0.05) is 46.3 Å². The van der Waals surface area contributed by atoms with Crippen molar-refractivity contribution < 1.29 is 4.74 Å². The van der Waals surface area contributed by atoms with Gasteiger partial charge in [0.1, 0.15) is 0 Å². The fourth-order valence-corrected chi connectivity index (χ4v) is 5.14. The van der Waals surface area contributed by atoms with Gasteiger partial charge < -0.3 is 19.9 Å². The third-order valence-electron chi connectivity index (χ3n) is 6.99. The molecule has 4 nitrogen and oxygen atoms in total. The van der Waals surface area contributed by atoms with Gasteiger partial charge in [0.25, 0.3) is 0 Å². The van der Waals surface area contributed by atoms with Crippen LogP contribution in [0.15, 0.2) is 158 Å². The minimum Gasteiger partial charge on any atom is -0.453 e. The molecule has 192 valence electrons. The summed E-state index contributed by atoms with van der Waals surface area (Å²) in [6.45, 7) is 0. The van der Waals surface area contributed by atoms with E-state index in [1.54, 1.807) is 0 Å². The van der Waals surface area contributed by atoms with E-state index in [-0.39, 0.29) is 0 Å². The monoisotopic (exact) mass is 517 g/mol. The zero-order valence-electron chi connectivity index (χ0n) is 21.8. The topological polar surface area (TPSA) is 27.7 Å². The van der Waals surface area contributed by atoms with E-state index in [4.69, 9.17) is 4.74 Å². The summed E-state index contributed by atoms with van der Waals surface area (Å²) >= 11 is 0. The summed E-state index contributed by atoms with van der Waals surface area (Å²) in [4.78, 5) is 4.48. The Hall–Kier alpha value is -5.48. The minimum absolute atomic E-state index is 0.782. The number of para-hydroxylation sites is 4. The summed E-state index contributed by atoms with van der Waals surface area (Å²) in [5.41, 5.74) is 8.26. The van der Waals surface area contributed by atoms with Crippen molar-refractivity contribution in [2.75, 3.05) is 15.1 Å². The normalized spacial score (nSPS) is 11.4. The smallest absolute Gasteiger partial charge is 0.153 e. The average Bonchev–Trinajstić information content (AvgIpc) is 3.02. The van der Waals surface area contributed by atoms with Gasteiger partial charge in [0.15, 0.2) is 11.5 Å². The number of fused-ring (bicyclic) bond motifs is 2. The van der Waals surface area contributed by atoms with Crippen LogP contribution in [0.1, 0.15) is 0 Å². The first kappa shape index (κ1) is 23.6. The highest BCUT2D eigenvalue weighted by Gasteiger charge is 2.22. The Morgan fingerprint density at radius 3 is 1.00 bits per heavy atom. The Morgan fingerprint density at radius 2 is 0.675 bits per heavy atom. The first-order valence-electron chi connectivity index (χ1n) is 13.4. The lowest BCUT2D eigenvalue weighted by molar-refractivity contribution is 0.481. The molecule has 4 heteroatoms. The molecule has 6 aromatic carbocycles. The summed E-state index contributed by atoms with van der Waals surface area (Å²) in [6, 6.07) is 54.2. The maximum atomic E-state index is 6.59. The van der Waals surface area contributed by atoms with E-state index in [1.165, 1.54) is 0 Å². The molecule has 0 radical (unpaired) electrons. The summed E-state index contributed by atoms with van der Waals surface area (Å²) in [5, 5.41) is 3.57. The second kappa shape index (κ2) is 10.4. The van der Waals surface area contributed by atoms with Crippen LogP contribution in [0.25, 0.3) is 0 Å². The maximum Gasteiger partial charge on any atom is 0.153 e. The van der Waals surface area contributed by atoms with Crippen molar-refractivity contribution >= 4 is 45.5 Å². The number of anilines is 8. The molecule has 0 bridgehead atoms. The molecule has 0 aromatic heterocycles. The van der Waals surface area contributed by atoms with Gasteiger partial charge in [-0.3, -0.25) is 0 Å². The molecule has 0 fully saturated rings. The summed E-state index contributed by atoms with van der Waals surface area (Å²) in [7, 11) is 0. The zero-order chi connectivity index (χ0) is 26.7. The molecule has 6 aromatic rings. The van der Waals surface area contributed by atoms with E-state index >= 15 is 0 Å². The third kappa shape index (κ3) is 4.52. The van der Waals surface area contributed by atoms with Crippen LogP contribution in [-0.4, -0.2) is 0 Å². The van der Waals surface area contributed by atoms with Gasteiger partial charge in [-0.2, -0.15) is 0 Å². The van der Waals surface area contributed by atoms with Crippen LogP contribution in [-0.2, 0) is 0 Å². The van der Waals surface area contributed by atoms with Crippen molar-refractivity contribution in [3.05, 3.63) is 158 Å². The van der Waals surface area contributed by atoms with Crippen LogP contribution < -0.4 is 19.9 Å². The van der Waals surface area contributed by atoms with E-state index in [0.717, 1.165) is 57.0 Å². The number of ether oxygens (including phenoxy) is 1. The van der Waals surface area contributed by atoms with Crippen LogP contribution in [0.2, 0.25) is 0 Å². The lowest BCUT2D eigenvalue weighted by atomic mass is 10.1. The first-order chi connectivity index (χ1) is 19.8. The van der Waals surface area contributed by atoms with Gasteiger partial charge in [0.2, 0.25) is 0 Å². The van der Waals surface area contributed by atoms with Gasteiger partial charge >= 0.3 is 0 Å². The van der Waals surface area contributed by atoms with E-state index in [2.05, 4.69) is 149 Å². The Balaban J connectivity index is 1.27. The fraction of sp³-hybridized carbons (Fsp3) is 0. The summed E-state index contributed by atoms with van der Waals surface area (Å²) in [6.07, 6.45) is 0. The first-order valence-corrected chi connectivity index (χ1v) is 13.4. The Morgan fingerprint density at radius 1 is 0.350 bits per heavy atom. The average molecular weight is 518 g/mol. The Kier molecular flexibility index (Phi) is 6.11. The van der Waals surface area contributed by atoms with Crippen molar-refractivity contribution in [2.45, 2.75) is 0 Å². The molecule has 40 heavy (non-hydrogen) atoms. The Labute approximate surface area is 234 Å². The third-order valence-corrected chi connectivity index (χ3v) is 6.99. The molecule has 1 heterocycles. The molecule has 0 unspecified atom stereocenters. The zero-order valence-corrected chi connectivity index (χ0v) is 21.8. The summed E-state index contributed by atoms with van der Waals surface area (Å²) < 4.78 is 6.59. The van der Waals surface area contributed by atoms with Crippen molar-refractivity contribution in [1.82, 2.24) is 0 Å². The lowest BCUT2D eigenvalue weighted by Gasteiger charge is -2.29. The molecule has 0 saturated carbocycles. The predicted molar refractivity (Wildman–Crippen MR) is 166 cm³/mol. The highest BCUT2D eigenvalue weighted by molar-refractivity contribution is 5.85. The highest BCUT2D eigenvalue weighted by Crippen LogP contribution is 2.47. The minimum atomic E-state index is 0.782. The van der Waals surface area contributed by atoms with E-state index in [9.17, 15) is 0 Å². The molecular weight excluding hydrogens is 490 g/mol. The van der Waals surface area contributed by atoms with E-state index < -0.39 is 0 Å². The molecule has 0 aliphatic carbocycles. The number of hydrogen-bond acceptors (Lipinski definition) is 4. The summed E-state index contributed by atoms with van der Waals surface area (Å²) in [5.74, 6) is 1.56. The van der Waals surface area contributed by atoms with Crippen molar-refractivity contribution in [2.24, 2.45) is 0 Å². The molecular formula is C36H27N3O. The molecule has 0 atom stereocenters. The number of nitrogens with zero attached hydrogens (tertiary/aromatic N) is 2. The molecule has 1 aliphatic heterocycles. The van der Waals surface area contributed by atoms with Crippen molar-refractivity contribution in [3.63, 3.8) is 0 Å².